The fourth-order valence-electron chi connectivity index (χ4n) is 4.84. The van der Waals surface area contributed by atoms with Gasteiger partial charge in [-0.1, -0.05) is 10.3 Å². The molecule has 31 heavy (non-hydrogen) atoms. The van der Waals surface area contributed by atoms with Gasteiger partial charge >= 0.3 is 0 Å². The van der Waals surface area contributed by atoms with Gasteiger partial charge in [-0.25, -0.2) is 13.4 Å². The Morgan fingerprint density at radius 1 is 1.16 bits per heavy atom. The van der Waals surface area contributed by atoms with Crippen molar-refractivity contribution in [2.24, 2.45) is 5.41 Å². The quantitative estimate of drug-likeness (QED) is 0.578. The molecule has 0 radical (unpaired) electrons. The molecule has 0 saturated carbocycles. The van der Waals surface area contributed by atoms with Gasteiger partial charge in [-0.05, 0) is 33.9 Å². The highest BCUT2D eigenvalue weighted by molar-refractivity contribution is 7.89. The molecule has 3 aromatic heterocycles. The van der Waals surface area contributed by atoms with E-state index in [0.717, 1.165) is 19.5 Å². The summed E-state index contributed by atoms with van der Waals surface area (Å²) < 4.78 is 39.2. The second-order valence-electron chi connectivity index (χ2n) is 8.40. The van der Waals surface area contributed by atoms with E-state index < -0.39 is 10.0 Å². The van der Waals surface area contributed by atoms with Gasteiger partial charge in [0.05, 0.1) is 12.1 Å². The molecule has 11 nitrogen and oxygen atoms in total. The van der Waals surface area contributed by atoms with Crippen LogP contribution in [0.15, 0.2) is 32.5 Å². The Bertz CT molecular complexity index is 1190. The Labute approximate surface area is 179 Å². The van der Waals surface area contributed by atoms with Crippen LogP contribution in [-0.4, -0.2) is 76.1 Å². The number of likely N-dealkylation sites (tertiary alicyclic amines) is 1. The van der Waals surface area contributed by atoms with Gasteiger partial charge in [0.1, 0.15) is 16.3 Å². The van der Waals surface area contributed by atoms with E-state index in [1.807, 2.05) is 7.05 Å². The van der Waals surface area contributed by atoms with Crippen LogP contribution in [-0.2, 0) is 10.0 Å². The molecule has 2 atom stereocenters. The summed E-state index contributed by atoms with van der Waals surface area (Å²) in [4.78, 5) is 15.2. The summed E-state index contributed by atoms with van der Waals surface area (Å²) in [6.07, 6.45) is 5.54. The molecule has 2 aliphatic heterocycles. The van der Waals surface area contributed by atoms with Gasteiger partial charge in [-0.2, -0.15) is 9.29 Å². The van der Waals surface area contributed by atoms with E-state index in [2.05, 4.69) is 30.2 Å². The summed E-state index contributed by atoms with van der Waals surface area (Å²) in [7, 11) is -1.74. The normalized spacial score (nSPS) is 25.1. The molecule has 3 aromatic rings. The van der Waals surface area contributed by atoms with Crippen LogP contribution in [0.5, 0.6) is 0 Å². The minimum absolute atomic E-state index is 0.139. The molecule has 12 heteroatoms. The molecule has 0 unspecified atom stereocenters. The van der Waals surface area contributed by atoms with Crippen LogP contribution < -0.4 is 0 Å². The van der Waals surface area contributed by atoms with Crippen molar-refractivity contribution in [2.45, 2.75) is 31.1 Å². The van der Waals surface area contributed by atoms with Gasteiger partial charge in [-0.15, -0.1) is 0 Å². The van der Waals surface area contributed by atoms with Crippen molar-refractivity contribution in [3.05, 3.63) is 35.9 Å². The summed E-state index contributed by atoms with van der Waals surface area (Å²) in [6.45, 7) is 5.50. The zero-order valence-electron chi connectivity index (χ0n) is 17.5. The standard InChI is InChI=1S/C19H23N7O4S/c1-12-16(13(2)29-23-12)31(27,28)26-9-14(19(11-26)4-7-25(3)10-19)18-22-17(24-30-18)15-8-20-5-6-21-15/h5-6,8,14H,4,7,9-11H2,1-3H3/t14-,19-/m0/s1. The maximum atomic E-state index is 13.5. The number of sulfonamides is 1. The van der Waals surface area contributed by atoms with Crippen LogP contribution in [0.25, 0.3) is 11.5 Å². The van der Waals surface area contributed by atoms with E-state index in [9.17, 15) is 8.42 Å². The third kappa shape index (κ3) is 3.25. The average molecular weight is 446 g/mol. The van der Waals surface area contributed by atoms with Crippen molar-refractivity contribution < 1.29 is 17.5 Å². The largest absolute Gasteiger partial charge is 0.360 e. The van der Waals surface area contributed by atoms with Gasteiger partial charge < -0.3 is 13.9 Å². The van der Waals surface area contributed by atoms with Gasteiger partial charge in [0, 0.05) is 37.4 Å². The zero-order valence-corrected chi connectivity index (χ0v) is 18.3. The predicted molar refractivity (Wildman–Crippen MR) is 107 cm³/mol. The predicted octanol–water partition coefficient (Wildman–Crippen LogP) is 1.24. The summed E-state index contributed by atoms with van der Waals surface area (Å²) in [5.41, 5.74) is 0.557. The van der Waals surface area contributed by atoms with Crippen LogP contribution in [0.2, 0.25) is 0 Å². The van der Waals surface area contributed by atoms with Crippen molar-refractivity contribution >= 4 is 10.0 Å². The summed E-state index contributed by atoms with van der Waals surface area (Å²) in [5.74, 6) is 0.830. The Hall–Kier alpha value is -2.70. The van der Waals surface area contributed by atoms with Crippen LogP contribution >= 0.6 is 0 Å². The zero-order chi connectivity index (χ0) is 21.8. The average Bonchev–Trinajstić information content (AvgIpc) is 3.51. The number of hydrogen-bond donors (Lipinski definition) is 0. The van der Waals surface area contributed by atoms with Crippen LogP contribution in [0.3, 0.4) is 0 Å². The first-order valence-electron chi connectivity index (χ1n) is 10.0. The van der Waals surface area contributed by atoms with Crippen molar-refractivity contribution in [1.29, 1.82) is 0 Å². The van der Waals surface area contributed by atoms with E-state index in [1.54, 1.807) is 32.4 Å². The van der Waals surface area contributed by atoms with Crippen molar-refractivity contribution in [3.63, 3.8) is 0 Å². The molecule has 164 valence electrons. The van der Waals surface area contributed by atoms with E-state index in [1.165, 1.54) is 4.31 Å². The Kier molecular flexibility index (Phi) is 4.68. The van der Waals surface area contributed by atoms with Gasteiger partial charge in [0.15, 0.2) is 5.76 Å². The third-order valence-electron chi connectivity index (χ3n) is 6.29. The van der Waals surface area contributed by atoms with Gasteiger partial charge in [-0.3, -0.25) is 4.98 Å². The summed E-state index contributed by atoms with van der Waals surface area (Å²) >= 11 is 0. The Balaban J connectivity index is 1.52. The van der Waals surface area contributed by atoms with Gasteiger partial charge in [0.2, 0.25) is 21.7 Å². The molecule has 0 bridgehead atoms. The topological polar surface area (TPSA) is 131 Å². The molecule has 2 saturated heterocycles. The Morgan fingerprint density at radius 3 is 2.65 bits per heavy atom. The molecule has 0 aliphatic carbocycles. The van der Waals surface area contributed by atoms with E-state index in [0.29, 0.717) is 35.4 Å². The van der Waals surface area contributed by atoms with E-state index in [4.69, 9.17) is 9.05 Å². The highest BCUT2D eigenvalue weighted by Crippen LogP contribution is 2.50. The van der Waals surface area contributed by atoms with Crippen molar-refractivity contribution in [1.82, 2.24) is 34.5 Å². The minimum atomic E-state index is -3.78. The fraction of sp³-hybridized carbons (Fsp3) is 0.526. The molecular formula is C19H23N7O4S. The molecular weight excluding hydrogens is 422 g/mol. The first-order valence-corrected chi connectivity index (χ1v) is 11.5. The van der Waals surface area contributed by atoms with Crippen molar-refractivity contribution in [3.8, 4) is 11.5 Å². The second kappa shape index (κ2) is 7.18. The Morgan fingerprint density at radius 2 is 2.00 bits per heavy atom. The van der Waals surface area contributed by atoms with Crippen molar-refractivity contribution in [2.75, 3.05) is 33.2 Å². The van der Waals surface area contributed by atoms with E-state index in [-0.39, 0.29) is 22.8 Å². The number of rotatable bonds is 4. The third-order valence-corrected chi connectivity index (χ3v) is 8.35. The first kappa shape index (κ1) is 20.2. The van der Waals surface area contributed by atoms with Crippen LogP contribution in [0.1, 0.15) is 29.7 Å². The molecule has 2 fully saturated rings. The monoisotopic (exact) mass is 445 g/mol. The number of aromatic nitrogens is 5. The van der Waals surface area contributed by atoms with E-state index >= 15 is 0 Å². The number of hydrogen-bond acceptors (Lipinski definition) is 10. The lowest BCUT2D eigenvalue weighted by Crippen LogP contribution is -2.34. The molecule has 5 heterocycles. The fourth-order valence-corrected chi connectivity index (χ4v) is 6.68. The summed E-state index contributed by atoms with van der Waals surface area (Å²) in [6, 6.07) is 0. The van der Waals surface area contributed by atoms with Crippen LogP contribution in [0, 0.1) is 19.3 Å². The molecule has 2 aliphatic rings. The number of aryl methyl sites for hydroxylation is 2. The van der Waals surface area contributed by atoms with Crippen LogP contribution in [0.4, 0.5) is 0 Å². The van der Waals surface area contributed by atoms with Gasteiger partial charge in [0.25, 0.3) is 0 Å². The second-order valence-corrected chi connectivity index (χ2v) is 10.3. The first-order chi connectivity index (χ1) is 14.8. The highest BCUT2D eigenvalue weighted by Gasteiger charge is 2.55. The smallest absolute Gasteiger partial charge is 0.248 e. The lowest BCUT2D eigenvalue weighted by molar-refractivity contribution is 0.234. The summed E-state index contributed by atoms with van der Waals surface area (Å²) in [5, 5.41) is 7.90. The SMILES string of the molecule is Cc1noc(C)c1S(=O)(=O)N1C[C@@H](c2nc(-c3cnccn3)no2)[C@]2(CCN(C)C2)C1. The lowest BCUT2D eigenvalue weighted by Gasteiger charge is -2.27. The molecule has 5 rings (SSSR count). The molecule has 0 aromatic carbocycles. The maximum absolute atomic E-state index is 13.5. The molecule has 0 N–H and O–H groups in total. The highest BCUT2D eigenvalue weighted by atomic mass is 32.2. The molecule has 1 spiro atoms. The lowest BCUT2D eigenvalue weighted by atomic mass is 9.77. The number of nitrogens with zero attached hydrogens (tertiary/aromatic N) is 7. The molecule has 0 amide bonds. The minimum Gasteiger partial charge on any atom is -0.360 e. The maximum Gasteiger partial charge on any atom is 0.248 e.